The second kappa shape index (κ2) is 6.31. The Labute approximate surface area is 159 Å². The number of carbonyl (C=O) groups is 2. The summed E-state index contributed by atoms with van der Waals surface area (Å²) in [5.74, 6) is -0.692. The average Bonchev–Trinajstić information content (AvgIpc) is 3.33. The molecule has 8 nitrogen and oxygen atoms in total. The molecule has 2 aromatic heterocycles. The summed E-state index contributed by atoms with van der Waals surface area (Å²) >= 11 is 1.57. The van der Waals surface area contributed by atoms with E-state index >= 15 is 0 Å². The Morgan fingerprint density at radius 1 is 1.19 bits per heavy atom. The lowest BCUT2D eigenvalue weighted by molar-refractivity contribution is 0.0576. The first-order valence-electron chi connectivity index (χ1n) is 8.29. The smallest absolute Gasteiger partial charge is 0.285 e. The molecule has 0 bridgehead atoms. The fourth-order valence-electron chi connectivity index (χ4n) is 3.34. The van der Waals surface area contributed by atoms with Gasteiger partial charge >= 0.3 is 0 Å². The molecule has 5 N–H and O–H groups in total. The summed E-state index contributed by atoms with van der Waals surface area (Å²) in [5.41, 5.74) is 14.5. The van der Waals surface area contributed by atoms with Crippen LogP contribution in [0.3, 0.4) is 0 Å². The summed E-state index contributed by atoms with van der Waals surface area (Å²) < 4.78 is 0. The number of rotatable bonds is 4. The van der Waals surface area contributed by atoms with Crippen LogP contribution in [-0.4, -0.2) is 41.1 Å². The predicted molar refractivity (Wildman–Crippen MR) is 104 cm³/mol. The van der Waals surface area contributed by atoms with E-state index in [2.05, 4.69) is 21.0 Å². The minimum Gasteiger partial charge on any atom is -0.398 e. The Balaban J connectivity index is 1.90. The molecule has 0 spiro atoms. The molecule has 1 aromatic carbocycles. The molecule has 0 saturated carbocycles. The number of aryl methyl sites for hydroxylation is 1. The van der Waals surface area contributed by atoms with Crippen molar-refractivity contribution in [2.24, 2.45) is 0 Å². The highest BCUT2D eigenvalue weighted by Crippen LogP contribution is 2.44. The maximum Gasteiger partial charge on any atom is 0.285 e. The van der Waals surface area contributed by atoms with Gasteiger partial charge in [0.05, 0.1) is 21.7 Å². The number of H-pyrrole nitrogens is 1. The van der Waals surface area contributed by atoms with Gasteiger partial charge in [-0.1, -0.05) is 0 Å². The van der Waals surface area contributed by atoms with Crippen molar-refractivity contribution < 1.29 is 9.59 Å². The van der Waals surface area contributed by atoms with Gasteiger partial charge in [0.2, 0.25) is 0 Å². The van der Waals surface area contributed by atoms with Crippen molar-refractivity contribution in [3.05, 3.63) is 45.8 Å². The molecule has 27 heavy (non-hydrogen) atoms. The topological polar surface area (TPSA) is 116 Å². The van der Waals surface area contributed by atoms with Crippen molar-refractivity contribution in [1.29, 1.82) is 0 Å². The number of fused-ring (bicyclic) bond motifs is 3. The molecule has 0 aliphatic heterocycles. The summed E-state index contributed by atoms with van der Waals surface area (Å²) in [4.78, 5) is 28.3. The molecule has 0 unspecified atom stereocenters. The lowest BCUT2D eigenvalue weighted by atomic mass is 9.98. The molecule has 0 saturated heterocycles. The molecule has 1 aliphatic rings. The molecule has 0 radical (unpaired) electrons. The van der Waals surface area contributed by atoms with E-state index < -0.39 is 5.91 Å². The number of aromatic amines is 1. The number of nitrogens with two attached hydrogens (primary N) is 1. The summed E-state index contributed by atoms with van der Waals surface area (Å²) in [7, 11) is 3.19. The van der Waals surface area contributed by atoms with Gasteiger partial charge in [0.1, 0.15) is 5.69 Å². The molecule has 9 heteroatoms. The predicted octanol–water partition coefficient (Wildman–Crippen LogP) is 1.95. The summed E-state index contributed by atoms with van der Waals surface area (Å²) in [6, 6.07) is 7.30. The number of benzene rings is 1. The van der Waals surface area contributed by atoms with Crippen LogP contribution in [0, 0.1) is 6.92 Å². The third-order valence-corrected chi connectivity index (χ3v) is 5.58. The van der Waals surface area contributed by atoms with E-state index in [4.69, 9.17) is 5.73 Å². The van der Waals surface area contributed by atoms with Gasteiger partial charge in [-0.3, -0.25) is 14.7 Å². The quantitative estimate of drug-likeness (QED) is 0.317. The van der Waals surface area contributed by atoms with Gasteiger partial charge in [-0.2, -0.15) is 5.10 Å². The SMILES string of the molecule is CNN(NC)C(=O)c1c(N)ccc2c1C(=O)c1c-2n[nH]c1-c1ccc(C)s1. The molecule has 0 fully saturated rings. The number of nitrogens with one attached hydrogen (secondary N) is 3. The molecule has 138 valence electrons. The van der Waals surface area contributed by atoms with E-state index in [0.717, 1.165) is 9.75 Å². The van der Waals surface area contributed by atoms with Crippen molar-refractivity contribution in [3.8, 4) is 21.8 Å². The van der Waals surface area contributed by atoms with Gasteiger partial charge < -0.3 is 5.73 Å². The van der Waals surface area contributed by atoms with Crippen molar-refractivity contribution in [3.63, 3.8) is 0 Å². The Morgan fingerprint density at radius 3 is 2.56 bits per heavy atom. The number of hydrazine groups is 2. The van der Waals surface area contributed by atoms with Crippen LogP contribution < -0.4 is 16.6 Å². The van der Waals surface area contributed by atoms with Crippen molar-refractivity contribution in [1.82, 2.24) is 26.2 Å². The zero-order chi connectivity index (χ0) is 19.3. The molecule has 1 amide bonds. The van der Waals surface area contributed by atoms with Crippen molar-refractivity contribution >= 4 is 28.7 Å². The van der Waals surface area contributed by atoms with E-state index in [0.29, 0.717) is 22.5 Å². The average molecular weight is 382 g/mol. The minimum atomic E-state index is -0.439. The van der Waals surface area contributed by atoms with E-state index in [1.807, 2.05) is 19.1 Å². The van der Waals surface area contributed by atoms with Gasteiger partial charge in [0.15, 0.2) is 5.78 Å². The Kier molecular flexibility index (Phi) is 4.06. The third-order valence-electron chi connectivity index (χ3n) is 4.56. The highest BCUT2D eigenvalue weighted by atomic mass is 32.1. The molecule has 3 aromatic rings. The van der Waals surface area contributed by atoms with E-state index in [-0.39, 0.29) is 22.6 Å². The van der Waals surface area contributed by atoms with Crippen molar-refractivity contribution in [2.45, 2.75) is 6.92 Å². The maximum absolute atomic E-state index is 13.3. The Bertz CT molecular complexity index is 1080. The monoisotopic (exact) mass is 382 g/mol. The first-order valence-corrected chi connectivity index (χ1v) is 9.11. The van der Waals surface area contributed by atoms with Crippen LogP contribution in [-0.2, 0) is 0 Å². The summed E-state index contributed by atoms with van der Waals surface area (Å²) in [6.07, 6.45) is 0. The highest BCUT2D eigenvalue weighted by Gasteiger charge is 2.38. The van der Waals surface area contributed by atoms with Crippen LogP contribution in [0.15, 0.2) is 24.3 Å². The van der Waals surface area contributed by atoms with Crippen LogP contribution in [0.4, 0.5) is 5.69 Å². The number of hydrogen-bond acceptors (Lipinski definition) is 7. The van der Waals surface area contributed by atoms with E-state index in [1.54, 1.807) is 37.6 Å². The van der Waals surface area contributed by atoms with Gasteiger partial charge in [-0.05, 0) is 31.2 Å². The van der Waals surface area contributed by atoms with Crippen molar-refractivity contribution in [2.75, 3.05) is 19.8 Å². The number of hydrogen-bond donors (Lipinski definition) is 4. The number of nitrogens with zero attached hydrogens (tertiary/aromatic N) is 2. The summed E-state index contributed by atoms with van der Waals surface area (Å²) in [6.45, 7) is 2.00. The molecular formula is C18H18N6O2S. The number of carbonyl (C=O) groups excluding carboxylic acids is 2. The zero-order valence-corrected chi connectivity index (χ0v) is 15.8. The normalized spacial score (nSPS) is 12.2. The van der Waals surface area contributed by atoms with Gasteiger partial charge in [0.25, 0.3) is 5.91 Å². The first-order chi connectivity index (χ1) is 13.0. The fraction of sp³-hybridized carbons (Fsp3) is 0.167. The highest BCUT2D eigenvalue weighted by molar-refractivity contribution is 7.15. The van der Waals surface area contributed by atoms with Crippen LogP contribution in [0.25, 0.3) is 21.8 Å². The van der Waals surface area contributed by atoms with Crippen LogP contribution in [0.5, 0.6) is 0 Å². The lowest BCUT2D eigenvalue weighted by Gasteiger charge is -2.21. The number of aromatic nitrogens is 2. The van der Waals surface area contributed by atoms with Crippen LogP contribution in [0.2, 0.25) is 0 Å². The van der Waals surface area contributed by atoms with Gasteiger partial charge in [0, 0.05) is 35.8 Å². The Morgan fingerprint density at radius 2 is 1.93 bits per heavy atom. The second-order valence-electron chi connectivity index (χ2n) is 6.10. The van der Waals surface area contributed by atoms with Crippen LogP contribution in [0.1, 0.15) is 31.2 Å². The first kappa shape index (κ1) is 17.4. The van der Waals surface area contributed by atoms with E-state index in [9.17, 15) is 9.59 Å². The zero-order valence-electron chi connectivity index (χ0n) is 15.0. The number of thiophene rings is 1. The molecule has 4 rings (SSSR count). The molecule has 0 atom stereocenters. The molecule has 1 aliphatic carbocycles. The number of amides is 1. The fourth-order valence-corrected chi connectivity index (χ4v) is 4.21. The minimum absolute atomic E-state index is 0.160. The van der Waals surface area contributed by atoms with Crippen LogP contribution >= 0.6 is 11.3 Å². The van der Waals surface area contributed by atoms with E-state index in [1.165, 1.54) is 5.12 Å². The van der Waals surface area contributed by atoms with Gasteiger partial charge in [-0.15, -0.1) is 11.3 Å². The lowest BCUT2D eigenvalue weighted by Crippen LogP contribution is -2.49. The standard InChI is InChI=1S/C18H18N6O2S/c1-8-4-7-11(27-8)16-14-15(22-23-16)9-5-6-10(19)13(12(9)17(14)25)18(26)24(20-2)21-3/h4-7,20-21H,19H2,1-3H3,(H,22,23). The largest absolute Gasteiger partial charge is 0.398 e. The second-order valence-corrected chi connectivity index (χ2v) is 7.39. The molecule has 2 heterocycles. The third kappa shape index (κ3) is 2.47. The summed E-state index contributed by atoms with van der Waals surface area (Å²) in [5, 5.41) is 8.50. The number of ketones is 1. The number of anilines is 1. The maximum atomic E-state index is 13.3. The number of nitrogen functional groups attached to an aromatic ring is 1. The Hall–Kier alpha value is -3.01. The molecular weight excluding hydrogens is 364 g/mol. The van der Waals surface area contributed by atoms with Gasteiger partial charge in [-0.25, -0.2) is 16.0 Å².